The molecule has 3 rings (SSSR count). The van der Waals surface area contributed by atoms with Gasteiger partial charge in [-0.15, -0.1) is 0 Å². The van der Waals surface area contributed by atoms with Crippen molar-refractivity contribution in [3.05, 3.63) is 58.3 Å². The van der Waals surface area contributed by atoms with E-state index in [1.807, 2.05) is 36.7 Å². The Morgan fingerprint density at radius 1 is 1.35 bits per heavy atom. The van der Waals surface area contributed by atoms with Gasteiger partial charge in [-0.2, -0.15) is 0 Å². The van der Waals surface area contributed by atoms with Crippen molar-refractivity contribution in [2.24, 2.45) is 0 Å². The number of pyridine rings is 1. The Bertz CT molecular complexity index is 588. The number of fused-ring (bicyclic) bond motifs is 1. The van der Waals surface area contributed by atoms with Crippen LogP contribution in [0.1, 0.15) is 24.1 Å². The molecule has 0 saturated heterocycles. The number of halogens is 1. The van der Waals surface area contributed by atoms with E-state index in [4.69, 9.17) is 4.74 Å². The number of nitrogens with one attached hydrogen (secondary N) is 1. The molecule has 104 valence electrons. The molecule has 1 aromatic carbocycles. The van der Waals surface area contributed by atoms with Crippen molar-refractivity contribution in [3.63, 3.8) is 0 Å². The highest BCUT2D eigenvalue weighted by atomic mass is 79.9. The van der Waals surface area contributed by atoms with Crippen molar-refractivity contribution in [3.8, 4) is 5.75 Å². The van der Waals surface area contributed by atoms with Crippen LogP contribution in [0.4, 0.5) is 0 Å². The monoisotopic (exact) mass is 332 g/mol. The lowest BCUT2D eigenvalue weighted by atomic mass is 10.1. The van der Waals surface area contributed by atoms with Crippen LogP contribution in [0, 0.1) is 0 Å². The van der Waals surface area contributed by atoms with Crippen molar-refractivity contribution in [1.29, 1.82) is 0 Å². The number of aromatic nitrogens is 1. The molecular formula is C16H17BrN2O. The topological polar surface area (TPSA) is 34.1 Å². The first-order chi connectivity index (χ1) is 9.72. The van der Waals surface area contributed by atoms with Gasteiger partial charge in [0.1, 0.15) is 11.9 Å². The molecule has 3 nitrogen and oxygen atoms in total. The molecule has 2 atom stereocenters. The molecule has 0 aliphatic carbocycles. The molecule has 4 heteroatoms. The number of ether oxygens (including phenoxy) is 1. The van der Waals surface area contributed by atoms with Crippen molar-refractivity contribution < 1.29 is 4.74 Å². The molecule has 0 radical (unpaired) electrons. The zero-order valence-electron chi connectivity index (χ0n) is 11.3. The summed E-state index contributed by atoms with van der Waals surface area (Å²) in [5.74, 6) is 1.01. The van der Waals surface area contributed by atoms with Crippen LogP contribution in [0.2, 0.25) is 0 Å². The standard InChI is InChI=1S/C16H17BrN2O/c1-11(12-4-6-18-7-5-12)19-10-15-9-13-8-14(17)2-3-16(13)20-15/h2-8,11,15,19H,9-10H2,1H3/t11-,15?/m0/s1. The number of benzene rings is 1. The molecule has 2 aromatic rings. The van der Waals surface area contributed by atoms with Gasteiger partial charge in [0, 0.05) is 35.9 Å². The van der Waals surface area contributed by atoms with Crippen LogP contribution < -0.4 is 10.1 Å². The summed E-state index contributed by atoms with van der Waals surface area (Å²) in [4.78, 5) is 4.04. The number of hydrogen-bond donors (Lipinski definition) is 1. The number of rotatable bonds is 4. The normalized spacial score (nSPS) is 18.4. The van der Waals surface area contributed by atoms with Crippen LogP contribution in [0.5, 0.6) is 5.75 Å². The van der Waals surface area contributed by atoms with Gasteiger partial charge in [-0.25, -0.2) is 0 Å². The third-order valence-corrected chi connectivity index (χ3v) is 4.11. The van der Waals surface area contributed by atoms with E-state index in [0.717, 1.165) is 23.2 Å². The van der Waals surface area contributed by atoms with Crippen LogP contribution in [-0.4, -0.2) is 17.6 Å². The van der Waals surface area contributed by atoms with E-state index in [1.165, 1.54) is 11.1 Å². The van der Waals surface area contributed by atoms with E-state index in [0.29, 0.717) is 6.04 Å². The molecule has 0 amide bonds. The van der Waals surface area contributed by atoms with Gasteiger partial charge in [-0.1, -0.05) is 15.9 Å². The van der Waals surface area contributed by atoms with Gasteiger partial charge in [-0.05, 0) is 48.4 Å². The van der Waals surface area contributed by atoms with Gasteiger partial charge in [0.25, 0.3) is 0 Å². The minimum Gasteiger partial charge on any atom is -0.488 e. The van der Waals surface area contributed by atoms with E-state index >= 15 is 0 Å². The Labute approximate surface area is 127 Å². The van der Waals surface area contributed by atoms with E-state index in [1.54, 1.807) is 0 Å². The lowest BCUT2D eigenvalue weighted by molar-refractivity contribution is 0.222. The summed E-state index contributed by atoms with van der Waals surface area (Å²) in [5, 5.41) is 3.53. The molecule has 20 heavy (non-hydrogen) atoms. The molecule has 1 aromatic heterocycles. The smallest absolute Gasteiger partial charge is 0.123 e. The maximum absolute atomic E-state index is 5.95. The maximum Gasteiger partial charge on any atom is 0.123 e. The van der Waals surface area contributed by atoms with Crippen molar-refractivity contribution in [1.82, 2.24) is 10.3 Å². The van der Waals surface area contributed by atoms with Gasteiger partial charge in [0.05, 0.1) is 0 Å². The van der Waals surface area contributed by atoms with Gasteiger partial charge in [-0.3, -0.25) is 4.98 Å². The van der Waals surface area contributed by atoms with Crippen molar-refractivity contribution in [2.75, 3.05) is 6.54 Å². The first-order valence-corrected chi connectivity index (χ1v) is 7.60. The highest BCUT2D eigenvalue weighted by Gasteiger charge is 2.23. The highest BCUT2D eigenvalue weighted by molar-refractivity contribution is 9.10. The Balaban J connectivity index is 1.56. The van der Waals surface area contributed by atoms with Crippen LogP contribution in [0.3, 0.4) is 0 Å². The second kappa shape index (κ2) is 5.94. The van der Waals surface area contributed by atoms with Crippen LogP contribution >= 0.6 is 15.9 Å². The second-order valence-corrected chi connectivity index (χ2v) is 6.02. The van der Waals surface area contributed by atoms with E-state index in [2.05, 4.69) is 39.2 Å². The molecule has 1 aliphatic rings. The van der Waals surface area contributed by atoms with E-state index in [9.17, 15) is 0 Å². The fourth-order valence-electron chi connectivity index (χ4n) is 2.48. The first kappa shape index (κ1) is 13.6. The summed E-state index contributed by atoms with van der Waals surface area (Å²) in [5.41, 5.74) is 2.53. The maximum atomic E-state index is 5.95. The van der Waals surface area contributed by atoms with Crippen LogP contribution in [0.15, 0.2) is 47.2 Å². The average molecular weight is 333 g/mol. The van der Waals surface area contributed by atoms with E-state index < -0.39 is 0 Å². The van der Waals surface area contributed by atoms with Crippen molar-refractivity contribution in [2.45, 2.75) is 25.5 Å². The SMILES string of the molecule is C[C@H](NCC1Cc2cc(Br)ccc2O1)c1ccncc1. The summed E-state index contributed by atoms with van der Waals surface area (Å²) < 4.78 is 7.06. The minimum absolute atomic E-state index is 0.212. The number of nitrogens with zero attached hydrogens (tertiary/aromatic N) is 1. The predicted molar refractivity (Wildman–Crippen MR) is 82.9 cm³/mol. The molecule has 1 N–H and O–H groups in total. The minimum atomic E-state index is 0.212. The third-order valence-electron chi connectivity index (χ3n) is 3.62. The lowest BCUT2D eigenvalue weighted by Gasteiger charge is -2.17. The molecule has 0 spiro atoms. The first-order valence-electron chi connectivity index (χ1n) is 6.81. The summed E-state index contributed by atoms with van der Waals surface area (Å²) in [7, 11) is 0. The van der Waals surface area contributed by atoms with E-state index in [-0.39, 0.29) is 6.10 Å². The Morgan fingerprint density at radius 2 is 2.15 bits per heavy atom. The molecule has 0 fully saturated rings. The Kier molecular flexibility index (Phi) is 4.03. The van der Waals surface area contributed by atoms with Crippen LogP contribution in [0.25, 0.3) is 0 Å². The molecular weight excluding hydrogens is 316 g/mol. The largest absolute Gasteiger partial charge is 0.488 e. The quantitative estimate of drug-likeness (QED) is 0.930. The molecule has 2 heterocycles. The van der Waals surface area contributed by atoms with Gasteiger partial charge in [0.2, 0.25) is 0 Å². The van der Waals surface area contributed by atoms with Gasteiger partial charge in [0.15, 0.2) is 0 Å². The molecule has 1 aliphatic heterocycles. The van der Waals surface area contributed by atoms with Gasteiger partial charge < -0.3 is 10.1 Å². The van der Waals surface area contributed by atoms with Crippen LogP contribution in [-0.2, 0) is 6.42 Å². The Morgan fingerprint density at radius 3 is 2.95 bits per heavy atom. The Hall–Kier alpha value is -1.39. The fraction of sp³-hybridized carbons (Fsp3) is 0.312. The molecule has 0 saturated carbocycles. The summed E-state index contributed by atoms with van der Waals surface area (Å²) in [6.07, 6.45) is 4.83. The average Bonchev–Trinajstić information content (AvgIpc) is 2.87. The number of hydrogen-bond acceptors (Lipinski definition) is 3. The second-order valence-electron chi connectivity index (χ2n) is 5.11. The lowest BCUT2D eigenvalue weighted by Crippen LogP contribution is -2.31. The zero-order chi connectivity index (χ0) is 13.9. The van der Waals surface area contributed by atoms with Gasteiger partial charge >= 0.3 is 0 Å². The predicted octanol–water partition coefficient (Wildman–Crippen LogP) is 3.50. The molecule has 1 unspecified atom stereocenters. The summed E-state index contributed by atoms with van der Waals surface area (Å²) in [6.45, 7) is 3.00. The summed E-state index contributed by atoms with van der Waals surface area (Å²) >= 11 is 3.50. The third kappa shape index (κ3) is 3.02. The fourth-order valence-corrected chi connectivity index (χ4v) is 2.89. The van der Waals surface area contributed by atoms with Crippen molar-refractivity contribution >= 4 is 15.9 Å². The summed E-state index contributed by atoms with van der Waals surface area (Å²) in [6, 6.07) is 10.6. The zero-order valence-corrected chi connectivity index (χ0v) is 12.9. The molecule has 0 bridgehead atoms. The highest BCUT2D eigenvalue weighted by Crippen LogP contribution is 2.31.